The average molecular weight is 2020 g/mol. The fourth-order valence-electron chi connectivity index (χ4n) is 13.8. The van der Waals surface area contributed by atoms with Crippen molar-refractivity contribution in [2.45, 2.75) is 212 Å². The predicted molar refractivity (Wildman–Crippen MR) is 536 cm³/mol. The van der Waals surface area contributed by atoms with E-state index in [1.165, 1.54) is 47.3 Å². The van der Waals surface area contributed by atoms with Crippen molar-refractivity contribution in [3.63, 3.8) is 0 Å². The van der Waals surface area contributed by atoms with Gasteiger partial charge in [0, 0.05) is 37.2 Å². The summed E-state index contributed by atoms with van der Waals surface area (Å²) in [6.07, 6.45) is 8.44. The highest BCUT2D eigenvalue weighted by Crippen LogP contribution is 2.37. The van der Waals surface area contributed by atoms with E-state index < -0.39 is 63.7 Å². The molecule has 0 saturated carbocycles. The summed E-state index contributed by atoms with van der Waals surface area (Å²) in [5, 5.41) is 24.3. The number of ether oxygens (including phenoxy) is 8. The molecule has 0 spiro atoms. The Morgan fingerprint density at radius 3 is 0.949 bits per heavy atom. The minimum atomic E-state index is -0.651. The van der Waals surface area contributed by atoms with Gasteiger partial charge in [0.25, 0.3) is 24.0 Å². The van der Waals surface area contributed by atoms with Crippen LogP contribution in [0.1, 0.15) is 253 Å². The maximum atomic E-state index is 15.3. The molecule has 0 saturated heterocycles. The SMILES string of the molecule is C.C=Cc1nc(OCCC)n(Cc2ccc(-c3ccccc3C(=O)OC(C)(C)C)cc2F)c1/C=N\O.CCCOc1nc(Br)c(C=NO)n1Cc1ccc(-c2ccccc2C(=O)OC(C)(C)C)cc1F.CCCOc1nc(Br)c(C=O)n1Cc1ccc(-c2ccccc2C(=O)OC(C)(C)C)cc1F.CCCOc1nc(CC)c(CN)n1Cc1ccc(-c2ccccc2C(=O)OC(C)(C)C)cc1F.[B]. The highest BCUT2D eigenvalue weighted by Gasteiger charge is 2.30. The summed E-state index contributed by atoms with van der Waals surface area (Å²) in [5.41, 5.74) is 14.3. The van der Waals surface area contributed by atoms with Gasteiger partial charge in [-0.2, -0.15) is 19.9 Å². The van der Waals surface area contributed by atoms with Crippen molar-refractivity contribution in [1.29, 1.82) is 0 Å². The molecule has 4 heterocycles. The molecule has 8 aromatic carbocycles. The van der Waals surface area contributed by atoms with Crippen LogP contribution in [-0.2, 0) is 58.1 Å². The Labute approximate surface area is 822 Å². The number of halogens is 6. The van der Waals surface area contributed by atoms with Crippen LogP contribution < -0.4 is 24.7 Å². The Morgan fingerprint density at radius 2 is 0.681 bits per heavy atom. The van der Waals surface area contributed by atoms with Crippen LogP contribution in [0.5, 0.6) is 24.0 Å². The fourth-order valence-corrected chi connectivity index (χ4v) is 14.7. The van der Waals surface area contributed by atoms with Crippen LogP contribution in [0.2, 0.25) is 0 Å². The molecule has 12 rings (SSSR count). The molecule has 0 amide bonds. The van der Waals surface area contributed by atoms with Crippen LogP contribution in [0, 0.1) is 23.3 Å². The molecule has 0 bridgehead atoms. The zero-order valence-corrected chi connectivity index (χ0v) is 83.4. The molecule has 4 aromatic heterocycles. The first-order valence-electron chi connectivity index (χ1n) is 44.4. The highest BCUT2D eigenvalue weighted by molar-refractivity contribution is 9.10. The third-order valence-corrected chi connectivity index (χ3v) is 21.0. The quantitative estimate of drug-likeness (QED) is 0.00493. The number of aldehydes is 1. The maximum absolute atomic E-state index is 15.3. The highest BCUT2D eigenvalue weighted by atomic mass is 79.9. The number of rotatable bonds is 34. The van der Waals surface area contributed by atoms with Gasteiger partial charge >= 0.3 is 23.9 Å². The Kier molecular flexibility index (Phi) is 41.5. The molecule has 0 aliphatic carbocycles. The molecule has 12 aromatic rings. The van der Waals surface area contributed by atoms with Crippen LogP contribution in [0.15, 0.2) is 196 Å². The van der Waals surface area contributed by atoms with Gasteiger partial charge in [-0.1, -0.05) is 180 Å². The third kappa shape index (κ3) is 30.4. The lowest BCUT2D eigenvalue weighted by Crippen LogP contribution is -2.24. The Balaban J connectivity index is 0.000000249. The first-order chi connectivity index (χ1) is 64.6. The van der Waals surface area contributed by atoms with Gasteiger partial charge in [0.05, 0.1) is 110 Å². The number of hydrogen-bond donors (Lipinski definition) is 3. The van der Waals surface area contributed by atoms with Gasteiger partial charge < -0.3 is 54.0 Å². The largest absolute Gasteiger partial charge is 0.465 e. The predicted octanol–water partition coefficient (Wildman–Crippen LogP) is 23.8. The minimum Gasteiger partial charge on any atom is -0.465 e. The number of esters is 4. The number of nitrogens with zero attached hydrogens (tertiary/aromatic N) is 10. The summed E-state index contributed by atoms with van der Waals surface area (Å²) >= 11 is 6.58. The van der Waals surface area contributed by atoms with E-state index in [4.69, 9.17) is 54.0 Å². The summed E-state index contributed by atoms with van der Waals surface area (Å²) in [4.78, 5) is 79.8. The van der Waals surface area contributed by atoms with E-state index in [1.54, 1.807) is 205 Å². The summed E-state index contributed by atoms with van der Waals surface area (Å²) in [6, 6.07) is 48.4. The number of aryl methyl sites for hydroxylation is 1. The molecule has 0 unspecified atom stereocenters. The number of nitrogens with two attached hydrogens (primary N) is 1. The van der Waals surface area contributed by atoms with Gasteiger partial charge in [-0.15, -0.1) is 0 Å². The lowest BCUT2D eigenvalue weighted by Gasteiger charge is -2.20. The van der Waals surface area contributed by atoms with Crippen molar-refractivity contribution in [2.75, 3.05) is 26.4 Å². The standard InChI is InChI=1S/C27H30FN3O4.C27H34FN3O3.C25H27BrFN3O4.C25H26BrFN2O4.CH4.B/c1-6-14-34-26-30-23(7-2)24(16-29-33)31(26)17-19-13-12-18(15-22(19)28)20-10-8-9-11-21(20)25(32)35-27(3,4)5;1-6-14-33-26-30-23(7-2)24(16-29)31(26)17-19-13-12-18(15-22(19)28)20-10-8-9-11-21(20)25(32)34-27(3,4)5;1-5-12-33-24-29-22(26)21(14-28-32)30(24)15-17-11-10-16(13-20(17)27)18-8-6-7-9-19(18)23(31)34-25(2,3)4;1-5-12-32-24-28-22(26)21(15-30)29(24)14-17-11-10-16(13-20(17)27)18-8-6-7-9-19(18)23(31)33-25(2,3)4;;/h7-13,15-16,33H,2,6,14,17H2,1,3-5H3;8-13,15H,6-7,14,16-17,29H2,1-5H3;6-11,13-14,32H,5,12,15H2,1-4H3;6-11,13,15H,5,12,14H2,1-4H3;1H4;/b29-16-;;;;;. The molecular formula is C105H121BBr2F4N11O15. The number of carbonyl (C=O) groups is 5. The second-order valence-electron chi connectivity index (χ2n) is 35.1. The summed E-state index contributed by atoms with van der Waals surface area (Å²) in [5.74, 6) is -3.65. The van der Waals surface area contributed by atoms with Crippen molar-refractivity contribution >= 4 is 88.9 Å². The zero-order chi connectivity index (χ0) is 99.5. The number of carbonyl (C=O) groups excluding carboxylic acids is 5. The summed E-state index contributed by atoms with van der Waals surface area (Å²) < 4.78 is 113. The lowest BCUT2D eigenvalue weighted by molar-refractivity contribution is 0.00578. The van der Waals surface area contributed by atoms with E-state index in [1.807, 2.05) is 72.1 Å². The van der Waals surface area contributed by atoms with Crippen molar-refractivity contribution in [1.82, 2.24) is 38.2 Å². The molecule has 3 radical (unpaired) electrons. The molecule has 0 atom stereocenters. The zero-order valence-electron chi connectivity index (χ0n) is 80.2. The fraction of sp³-hybridized carbons (Fsp3) is 0.343. The van der Waals surface area contributed by atoms with Crippen LogP contribution in [-0.4, -0.2) is 148 Å². The van der Waals surface area contributed by atoms with E-state index in [-0.39, 0.29) is 78.1 Å². The first kappa shape index (κ1) is 112. The molecule has 731 valence electrons. The van der Waals surface area contributed by atoms with Gasteiger partial charge in [0.1, 0.15) is 66.3 Å². The number of oxime groups is 2. The molecule has 0 fully saturated rings. The van der Waals surface area contributed by atoms with Gasteiger partial charge in [-0.25, -0.2) is 36.7 Å². The lowest BCUT2D eigenvalue weighted by atomic mass is 9.98. The molecule has 26 nitrogen and oxygen atoms in total. The third-order valence-electron chi connectivity index (χ3n) is 19.9. The minimum absolute atomic E-state index is 0. The summed E-state index contributed by atoms with van der Waals surface area (Å²) in [6.45, 7) is 37.8. The second-order valence-corrected chi connectivity index (χ2v) is 36.6. The monoisotopic (exact) mass is 2020 g/mol. The van der Waals surface area contributed by atoms with E-state index in [0.29, 0.717) is 160 Å². The average Bonchev–Trinajstić information content (AvgIpc) is 1.62. The number of benzene rings is 8. The molecule has 0 aliphatic heterocycles. The molecule has 138 heavy (non-hydrogen) atoms. The smallest absolute Gasteiger partial charge is 0.339 e. The van der Waals surface area contributed by atoms with Gasteiger partial charge in [-0.3, -0.25) is 23.1 Å². The second kappa shape index (κ2) is 51.2. The topological polar surface area (TPSA) is 322 Å². The normalized spacial score (nSPS) is 11.4. The van der Waals surface area contributed by atoms with E-state index in [0.717, 1.165) is 37.1 Å². The Morgan fingerprint density at radius 1 is 0.413 bits per heavy atom. The van der Waals surface area contributed by atoms with Crippen LogP contribution in [0.3, 0.4) is 0 Å². The first-order valence-corrected chi connectivity index (χ1v) is 46.0. The van der Waals surface area contributed by atoms with Crippen LogP contribution in [0.4, 0.5) is 17.6 Å². The Hall–Kier alpha value is -13.3. The van der Waals surface area contributed by atoms with Crippen molar-refractivity contribution in [3.05, 3.63) is 288 Å². The Bertz CT molecular complexity index is 6260. The van der Waals surface area contributed by atoms with Crippen LogP contribution >= 0.6 is 31.9 Å². The van der Waals surface area contributed by atoms with Gasteiger partial charge in [-0.05, 0) is 246 Å². The van der Waals surface area contributed by atoms with E-state index >= 15 is 17.6 Å². The number of hydrogen-bond acceptors (Lipinski definition) is 22. The van der Waals surface area contributed by atoms with E-state index in [2.05, 4.69) is 68.7 Å². The maximum Gasteiger partial charge on any atom is 0.339 e. The number of aromatic nitrogens is 8. The van der Waals surface area contributed by atoms with Crippen molar-refractivity contribution in [2.24, 2.45) is 16.0 Å². The number of imidazole rings is 4. The molecule has 4 N–H and O–H groups in total. The molecule has 0 aliphatic rings. The van der Waals surface area contributed by atoms with Gasteiger partial charge in [0.2, 0.25) is 0 Å². The van der Waals surface area contributed by atoms with Crippen molar-refractivity contribution in [3.8, 4) is 68.5 Å². The van der Waals surface area contributed by atoms with Gasteiger partial charge in [0.15, 0.2) is 6.29 Å². The molecule has 33 heteroatoms. The van der Waals surface area contributed by atoms with Crippen LogP contribution in [0.25, 0.3) is 50.6 Å². The molecular weight excluding hydrogens is 1900 g/mol. The van der Waals surface area contributed by atoms with Crippen molar-refractivity contribution < 1.29 is 89.8 Å². The van der Waals surface area contributed by atoms with E-state index in [9.17, 15) is 24.0 Å². The summed E-state index contributed by atoms with van der Waals surface area (Å²) in [7, 11) is 0.